The summed E-state index contributed by atoms with van der Waals surface area (Å²) in [6.45, 7) is 6.01. The normalized spacial score (nSPS) is 11.4. The van der Waals surface area contributed by atoms with Crippen molar-refractivity contribution in [3.63, 3.8) is 0 Å². The van der Waals surface area contributed by atoms with E-state index in [4.69, 9.17) is 4.42 Å². The second-order valence-corrected chi connectivity index (χ2v) is 5.23. The topological polar surface area (TPSA) is 65.2 Å². The van der Waals surface area contributed by atoms with E-state index in [-0.39, 0.29) is 11.4 Å². The fourth-order valence-electron chi connectivity index (χ4n) is 1.51. The summed E-state index contributed by atoms with van der Waals surface area (Å²) < 4.78 is 10.3. The molecule has 0 saturated carbocycles. The van der Waals surface area contributed by atoms with E-state index in [0.717, 1.165) is 5.56 Å². The Bertz CT molecular complexity index is 579. The van der Waals surface area contributed by atoms with Crippen LogP contribution in [-0.2, 0) is 10.2 Å². The number of carbonyl (C=O) groups is 1. The van der Waals surface area contributed by atoms with E-state index >= 15 is 0 Å². The summed E-state index contributed by atoms with van der Waals surface area (Å²) >= 11 is 0. The molecule has 0 unspecified atom stereocenters. The van der Waals surface area contributed by atoms with Gasteiger partial charge in [0.2, 0.25) is 11.8 Å². The van der Waals surface area contributed by atoms with Crippen LogP contribution in [0.15, 0.2) is 28.7 Å². The van der Waals surface area contributed by atoms with Crippen molar-refractivity contribution in [2.24, 2.45) is 0 Å². The molecule has 0 aliphatic heterocycles. The molecule has 0 N–H and O–H groups in total. The molecule has 19 heavy (non-hydrogen) atoms. The fraction of sp³-hybridized carbons (Fsp3) is 0.357. The Hall–Kier alpha value is -2.17. The second-order valence-electron chi connectivity index (χ2n) is 5.23. The zero-order valence-electron chi connectivity index (χ0n) is 11.4. The number of esters is 1. The maximum atomic E-state index is 11.3. The van der Waals surface area contributed by atoms with Gasteiger partial charge in [0, 0.05) is 11.0 Å². The van der Waals surface area contributed by atoms with Gasteiger partial charge in [0.25, 0.3) is 0 Å². The maximum absolute atomic E-state index is 11.3. The summed E-state index contributed by atoms with van der Waals surface area (Å²) in [5, 5.41) is 8.04. The summed E-state index contributed by atoms with van der Waals surface area (Å²) in [5.41, 5.74) is 1.08. The number of methoxy groups -OCH3 is 1. The van der Waals surface area contributed by atoms with Crippen LogP contribution in [0.25, 0.3) is 11.5 Å². The van der Waals surface area contributed by atoms with Gasteiger partial charge in [0.1, 0.15) is 0 Å². The third kappa shape index (κ3) is 2.81. The van der Waals surface area contributed by atoms with Crippen LogP contribution in [0.2, 0.25) is 0 Å². The predicted molar refractivity (Wildman–Crippen MR) is 69.8 cm³/mol. The van der Waals surface area contributed by atoms with Gasteiger partial charge in [-0.25, -0.2) is 4.79 Å². The lowest BCUT2D eigenvalue weighted by atomic mass is 9.97. The number of ether oxygens (including phenoxy) is 1. The minimum atomic E-state index is -0.368. The predicted octanol–water partition coefficient (Wildman–Crippen LogP) is 2.82. The summed E-state index contributed by atoms with van der Waals surface area (Å²) in [4.78, 5) is 11.3. The molecule has 5 nitrogen and oxygen atoms in total. The van der Waals surface area contributed by atoms with Crippen LogP contribution in [0.4, 0.5) is 0 Å². The molecule has 2 aromatic rings. The Morgan fingerprint density at radius 3 is 2.26 bits per heavy atom. The summed E-state index contributed by atoms with van der Waals surface area (Å²) in [6.07, 6.45) is 0. The van der Waals surface area contributed by atoms with Crippen LogP contribution in [0.5, 0.6) is 0 Å². The van der Waals surface area contributed by atoms with Crippen LogP contribution in [0.1, 0.15) is 37.0 Å². The molecule has 5 heteroatoms. The smallest absolute Gasteiger partial charge is 0.337 e. The first-order chi connectivity index (χ1) is 8.91. The van der Waals surface area contributed by atoms with E-state index < -0.39 is 0 Å². The molecule has 100 valence electrons. The van der Waals surface area contributed by atoms with Crippen molar-refractivity contribution in [1.82, 2.24) is 10.2 Å². The molecule has 0 saturated heterocycles. The molecule has 1 aromatic heterocycles. The van der Waals surface area contributed by atoms with Gasteiger partial charge in [-0.3, -0.25) is 0 Å². The number of hydrogen-bond donors (Lipinski definition) is 0. The zero-order valence-corrected chi connectivity index (χ0v) is 11.4. The van der Waals surface area contributed by atoms with Crippen molar-refractivity contribution in [2.45, 2.75) is 26.2 Å². The van der Waals surface area contributed by atoms with Crippen LogP contribution in [0.3, 0.4) is 0 Å². The number of benzene rings is 1. The van der Waals surface area contributed by atoms with Crippen molar-refractivity contribution in [3.8, 4) is 11.5 Å². The molecule has 0 aliphatic carbocycles. The van der Waals surface area contributed by atoms with Crippen LogP contribution in [0, 0.1) is 0 Å². The van der Waals surface area contributed by atoms with Crippen molar-refractivity contribution < 1.29 is 13.9 Å². The van der Waals surface area contributed by atoms with Gasteiger partial charge < -0.3 is 9.15 Å². The molecule has 0 aliphatic rings. The van der Waals surface area contributed by atoms with Gasteiger partial charge in [0.15, 0.2) is 0 Å². The van der Waals surface area contributed by atoms with Gasteiger partial charge in [-0.15, -0.1) is 10.2 Å². The second kappa shape index (κ2) is 4.84. The highest BCUT2D eigenvalue weighted by Gasteiger charge is 2.21. The molecule has 0 amide bonds. The van der Waals surface area contributed by atoms with Crippen molar-refractivity contribution in [1.29, 1.82) is 0 Å². The van der Waals surface area contributed by atoms with Crippen molar-refractivity contribution in [2.75, 3.05) is 7.11 Å². The maximum Gasteiger partial charge on any atom is 0.337 e. The lowest BCUT2D eigenvalue weighted by Crippen LogP contribution is -2.11. The first-order valence-electron chi connectivity index (χ1n) is 5.94. The highest BCUT2D eigenvalue weighted by Crippen LogP contribution is 2.25. The number of hydrogen-bond acceptors (Lipinski definition) is 5. The number of carbonyl (C=O) groups excluding carboxylic acids is 1. The molecule has 0 atom stereocenters. The third-order valence-electron chi connectivity index (χ3n) is 2.62. The first-order valence-corrected chi connectivity index (χ1v) is 5.94. The van der Waals surface area contributed by atoms with Gasteiger partial charge in [-0.2, -0.15) is 0 Å². The number of aromatic nitrogens is 2. The van der Waals surface area contributed by atoms with Gasteiger partial charge >= 0.3 is 5.97 Å². The Kier molecular flexibility index (Phi) is 3.38. The monoisotopic (exact) mass is 260 g/mol. The molecule has 1 aromatic carbocycles. The standard InChI is InChI=1S/C14H16N2O3/c1-14(2,3)13-16-15-11(19-13)9-5-7-10(8-6-9)12(17)18-4/h5-8H,1-4H3. The fourth-order valence-corrected chi connectivity index (χ4v) is 1.51. The number of nitrogens with zero attached hydrogens (tertiary/aromatic N) is 2. The van der Waals surface area contributed by atoms with E-state index in [9.17, 15) is 4.79 Å². The molecular weight excluding hydrogens is 244 g/mol. The summed E-state index contributed by atoms with van der Waals surface area (Å²) in [6, 6.07) is 6.85. The quantitative estimate of drug-likeness (QED) is 0.777. The molecule has 2 rings (SSSR count). The SMILES string of the molecule is COC(=O)c1ccc(-c2nnc(C(C)(C)C)o2)cc1. The Morgan fingerprint density at radius 2 is 1.79 bits per heavy atom. The average Bonchev–Trinajstić information content (AvgIpc) is 2.87. The molecule has 0 spiro atoms. The Morgan fingerprint density at radius 1 is 1.16 bits per heavy atom. The number of rotatable bonds is 2. The highest BCUT2D eigenvalue weighted by atomic mass is 16.5. The largest absolute Gasteiger partial charge is 0.465 e. The average molecular weight is 260 g/mol. The molecular formula is C14H16N2O3. The molecule has 0 radical (unpaired) electrons. The minimum absolute atomic E-state index is 0.183. The van der Waals surface area contributed by atoms with Crippen molar-refractivity contribution >= 4 is 5.97 Å². The van der Waals surface area contributed by atoms with E-state index in [1.165, 1.54) is 7.11 Å². The van der Waals surface area contributed by atoms with Gasteiger partial charge in [-0.1, -0.05) is 20.8 Å². The van der Waals surface area contributed by atoms with Gasteiger partial charge in [0.05, 0.1) is 12.7 Å². The molecule has 0 fully saturated rings. The van der Waals surface area contributed by atoms with E-state index in [2.05, 4.69) is 14.9 Å². The third-order valence-corrected chi connectivity index (χ3v) is 2.62. The van der Waals surface area contributed by atoms with Gasteiger partial charge in [-0.05, 0) is 24.3 Å². The van der Waals surface area contributed by atoms with E-state index in [1.54, 1.807) is 24.3 Å². The Labute approximate surface area is 111 Å². The van der Waals surface area contributed by atoms with E-state index in [0.29, 0.717) is 17.3 Å². The van der Waals surface area contributed by atoms with E-state index in [1.807, 2.05) is 20.8 Å². The van der Waals surface area contributed by atoms with Crippen LogP contribution >= 0.6 is 0 Å². The lowest BCUT2D eigenvalue weighted by molar-refractivity contribution is 0.0601. The first kappa shape index (κ1) is 13.3. The molecule has 0 bridgehead atoms. The summed E-state index contributed by atoms with van der Waals surface area (Å²) in [5.74, 6) is 0.661. The minimum Gasteiger partial charge on any atom is -0.465 e. The van der Waals surface area contributed by atoms with Crippen LogP contribution < -0.4 is 0 Å². The summed E-state index contributed by atoms with van der Waals surface area (Å²) in [7, 11) is 1.35. The lowest BCUT2D eigenvalue weighted by Gasteiger charge is -2.10. The molecule has 1 heterocycles. The van der Waals surface area contributed by atoms with Crippen molar-refractivity contribution in [3.05, 3.63) is 35.7 Å². The Balaban J connectivity index is 2.28. The zero-order chi connectivity index (χ0) is 14.0. The van der Waals surface area contributed by atoms with Crippen LogP contribution in [-0.4, -0.2) is 23.3 Å². The highest BCUT2D eigenvalue weighted by molar-refractivity contribution is 5.89.